The molecule has 0 saturated heterocycles. The third-order valence-corrected chi connectivity index (χ3v) is 4.94. The molecule has 3 nitrogen and oxygen atoms in total. The summed E-state index contributed by atoms with van der Waals surface area (Å²) in [4.78, 5) is 12.8. The second-order valence-corrected chi connectivity index (χ2v) is 6.67. The minimum Gasteiger partial charge on any atom is -0.493 e. The van der Waals surface area contributed by atoms with Crippen LogP contribution < -0.4 is 10.1 Å². The van der Waals surface area contributed by atoms with Gasteiger partial charge in [-0.15, -0.1) is 0 Å². The van der Waals surface area contributed by atoms with Crippen molar-refractivity contribution in [3.63, 3.8) is 0 Å². The first-order valence-electron chi connectivity index (χ1n) is 8.60. The molecule has 1 fully saturated rings. The fourth-order valence-corrected chi connectivity index (χ4v) is 3.49. The molecule has 0 aromatic heterocycles. The largest absolute Gasteiger partial charge is 0.493 e. The van der Waals surface area contributed by atoms with Crippen LogP contribution in [-0.2, 0) is 4.79 Å². The van der Waals surface area contributed by atoms with Crippen LogP contribution in [0.4, 0.5) is 5.69 Å². The maximum absolute atomic E-state index is 12.8. The molecular weight excluding hydrogens is 286 g/mol. The summed E-state index contributed by atoms with van der Waals surface area (Å²) in [6, 6.07) is 12.0. The lowest BCUT2D eigenvalue weighted by atomic mass is 9.75. The summed E-state index contributed by atoms with van der Waals surface area (Å²) in [5, 5.41) is 5.25. The van der Waals surface area contributed by atoms with Gasteiger partial charge in [0, 0.05) is 21.9 Å². The number of hydrogen-bond donors (Lipinski definition) is 1. The van der Waals surface area contributed by atoms with E-state index in [1.165, 1.54) is 6.42 Å². The van der Waals surface area contributed by atoms with Crippen LogP contribution in [0.5, 0.6) is 5.75 Å². The van der Waals surface area contributed by atoms with Gasteiger partial charge in [0.15, 0.2) is 0 Å². The van der Waals surface area contributed by atoms with Crippen molar-refractivity contribution in [2.45, 2.75) is 46.0 Å². The lowest BCUT2D eigenvalue weighted by molar-refractivity contribution is -0.126. The number of ether oxygens (including phenoxy) is 1. The first kappa shape index (κ1) is 15.9. The first-order valence-corrected chi connectivity index (χ1v) is 8.60. The van der Waals surface area contributed by atoms with Gasteiger partial charge in [-0.3, -0.25) is 4.79 Å². The monoisotopic (exact) mass is 311 g/mol. The van der Waals surface area contributed by atoms with Crippen LogP contribution in [0.3, 0.4) is 0 Å². The predicted molar refractivity (Wildman–Crippen MR) is 94.9 cm³/mol. The number of carbonyl (C=O) groups is 1. The van der Waals surface area contributed by atoms with Crippen molar-refractivity contribution in [3.8, 4) is 5.75 Å². The molecule has 1 N–H and O–H groups in total. The Balaban J connectivity index is 1.91. The molecule has 0 atom stereocenters. The molecule has 3 rings (SSSR count). The van der Waals surface area contributed by atoms with Crippen LogP contribution in [0.15, 0.2) is 36.4 Å². The number of nitrogens with one attached hydrogen (secondary N) is 1. The number of carbonyl (C=O) groups excluding carboxylic acids is 1. The highest BCUT2D eigenvalue weighted by atomic mass is 16.5. The van der Waals surface area contributed by atoms with Crippen molar-refractivity contribution >= 4 is 22.4 Å². The Labute approximate surface area is 138 Å². The molecule has 1 aliphatic rings. The quantitative estimate of drug-likeness (QED) is 0.848. The van der Waals surface area contributed by atoms with E-state index in [0.29, 0.717) is 6.61 Å². The Hall–Kier alpha value is -2.03. The molecule has 0 radical (unpaired) electrons. The second-order valence-electron chi connectivity index (χ2n) is 6.67. The molecule has 2 aromatic rings. The van der Waals surface area contributed by atoms with Gasteiger partial charge in [0.2, 0.25) is 5.91 Å². The number of benzene rings is 2. The predicted octanol–water partition coefficient (Wildman–Crippen LogP) is 5.15. The fourth-order valence-electron chi connectivity index (χ4n) is 3.49. The van der Waals surface area contributed by atoms with E-state index in [4.69, 9.17) is 4.74 Å². The third kappa shape index (κ3) is 3.19. The molecule has 0 bridgehead atoms. The van der Waals surface area contributed by atoms with E-state index in [9.17, 15) is 4.79 Å². The highest BCUT2D eigenvalue weighted by Gasteiger charge is 2.34. The van der Waals surface area contributed by atoms with E-state index < -0.39 is 0 Å². The summed E-state index contributed by atoms with van der Waals surface area (Å²) >= 11 is 0. The van der Waals surface area contributed by atoms with Crippen molar-refractivity contribution in [1.82, 2.24) is 0 Å². The molecule has 1 amide bonds. The van der Waals surface area contributed by atoms with Gasteiger partial charge < -0.3 is 10.1 Å². The zero-order valence-electron chi connectivity index (χ0n) is 14.0. The van der Waals surface area contributed by atoms with Gasteiger partial charge in [0.25, 0.3) is 0 Å². The highest BCUT2D eigenvalue weighted by molar-refractivity contribution is 6.05. The average Bonchev–Trinajstić information content (AvgIpc) is 2.58. The first-order chi connectivity index (χ1) is 11.1. The van der Waals surface area contributed by atoms with E-state index in [1.54, 1.807) is 0 Å². The standard InChI is InChI=1S/C20H25NO2/c1-3-23-18-12-11-17(15-9-5-6-10-16(15)18)21-19(22)20(2)13-7-4-8-14-20/h5-6,9-12H,3-4,7-8,13-14H2,1-2H3,(H,21,22). The van der Waals surface area contributed by atoms with Gasteiger partial charge in [-0.25, -0.2) is 0 Å². The normalized spacial score (nSPS) is 17.0. The summed E-state index contributed by atoms with van der Waals surface area (Å²) in [6.45, 7) is 4.71. The molecule has 0 unspecified atom stereocenters. The number of fused-ring (bicyclic) bond motifs is 1. The van der Waals surface area contributed by atoms with Crippen molar-refractivity contribution < 1.29 is 9.53 Å². The second kappa shape index (κ2) is 6.61. The highest BCUT2D eigenvalue weighted by Crippen LogP contribution is 2.38. The van der Waals surface area contributed by atoms with Gasteiger partial charge in [0.1, 0.15) is 5.75 Å². The zero-order valence-corrected chi connectivity index (χ0v) is 14.0. The Morgan fingerprint density at radius 1 is 1.09 bits per heavy atom. The van der Waals surface area contributed by atoms with Crippen LogP contribution in [0.2, 0.25) is 0 Å². The van der Waals surface area contributed by atoms with Crippen LogP contribution in [0.25, 0.3) is 10.8 Å². The zero-order chi connectivity index (χ0) is 16.3. The maximum Gasteiger partial charge on any atom is 0.230 e. The molecule has 23 heavy (non-hydrogen) atoms. The van der Waals surface area contributed by atoms with Gasteiger partial charge in [-0.1, -0.05) is 50.5 Å². The van der Waals surface area contributed by atoms with Gasteiger partial charge >= 0.3 is 0 Å². The fraction of sp³-hybridized carbons (Fsp3) is 0.450. The third-order valence-electron chi connectivity index (χ3n) is 4.94. The lowest BCUT2D eigenvalue weighted by Gasteiger charge is -2.32. The molecule has 0 heterocycles. The maximum atomic E-state index is 12.8. The van der Waals surface area contributed by atoms with E-state index in [0.717, 1.165) is 47.9 Å². The number of anilines is 1. The van der Waals surface area contributed by atoms with Crippen molar-refractivity contribution in [1.29, 1.82) is 0 Å². The topological polar surface area (TPSA) is 38.3 Å². The van der Waals surface area contributed by atoms with E-state index in [1.807, 2.05) is 43.3 Å². The van der Waals surface area contributed by atoms with Crippen LogP contribution in [-0.4, -0.2) is 12.5 Å². The molecule has 0 spiro atoms. The van der Waals surface area contributed by atoms with E-state index in [2.05, 4.69) is 12.2 Å². The van der Waals surface area contributed by atoms with Gasteiger partial charge in [0.05, 0.1) is 6.61 Å². The summed E-state index contributed by atoms with van der Waals surface area (Å²) in [5.74, 6) is 1.01. The molecule has 1 aliphatic carbocycles. The van der Waals surface area contributed by atoms with Crippen molar-refractivity contribution in [2.24, 2.45) is 5.41 Å². The summed E-state index contributed by atoms with van der Waals surface area (Å²) < 4.78 is 5.70. The molecule has 122 valence electrons. The minimum atomic E-state index is -0.238. The van der Waals surface area contributed by atoms with Crippen molar-refractivity contribution in [3.05, 3.63) is 36.4 Å². The van der Waals surface area contributed by atoms with Crippen LogP contribution in [0, 0.1) is 5.41 Å². The number of hydrogen-bond acceptors (Lipinski definition) is 2. The van der Waals surface area contributed by atoms with Gasteiger partial charge in [-0.05, 0) is 31.9 Å². The Morgan fingerprint density at radius 2 is 1.78 bits per heavy atom. The summed E-state index contributed by atoms with van der Waals surface area (Å²) in [6.07, 6.45) is 5.50. The summed E-state index contributed by atoms with van der Waals surface area (Å²) in [5.41, 5.74) is 0.638. The Kier molecular flexibility index (Phi) is 4.56. The molecule has 2 aromatic carbocycles. The SMILES string of the molecule is CCOc1ccc(NC(=O)C2(C)CCCCC2)c2ccccc12. The molecule has 0 aliphatic heterocycles. The van der Waals surface area contributed by atoms with E-state index in [-0.39, 0.29) is 11.3 Å². The van der Waals surface area contributed by atoms with E-state index >= 15 is 0 Å². The average molecular weight is 311 g/mol. The smallest absolute Gasteiger partial charge is 0.230 e. The van der Waals surface area contributed by atoms with Gasteiger partial charge in [-0.2, -0.15) is 0 Å². The number of rotatable bonds is 4. The Morgan fingerprint density at radius 3 is 2.48 bits per heavy atom. The van der Waals surface area contributed by atoms with Crippen LogP contribution in [0.1, 0.15) is 46.0 Å². The molecular formula is C20H25NO2. The summed E-state index contributed by atoms with van der Waals surface area (Å²) in [7, 11) is 0. The van der Waals surface area contributed by atoms with Crippen molar-refractivity contribution in [2.75, 3.05) is 11.9 Å². The Bertz CT molecular complexity index is 702. The minimum absolute atomic E-state index is 0.145. The molecule has 1 saturated carbocycles. The lowest BCUT2D eigenvalue weighted by Crippen LogP contribution is -2.35. The molecule has 3 heteroatoms. The van der Waals surface area contributed by atoms with Crippen LogP contribution >= 0.6 is 0 Å². The number of amides is 1.